The van der Waals surface area contributed by atoms with Crippen LogP contribution in [0.1, 0.15) is 42.5 Å². The number of likely N-dealkylation sites (tertiary alicyclic amines) is 1. The van der Waals surface area contributed by atoms with Crippen LogP contribution in [0.25, 0.3) is 0 Å². The summed E-state index contributed by atoms with van der Waals surface area (Å²) in [7, 11) is 1.51. The van der Waals surface area contributed by atoms with Crippen LogP contribution >= 0.6 is 11.6 Å². The van der Waals surface area contributed by atoms with Crippen molar-refractivity contribution in [2.75, 3.05) is 26.8 Å². The molecule has 0 aromatic heterocycles. The average Bonchev–Trinajstić information content (AvgIpc) is 2.75. The summed E-state index contributed by atoms with van der Waals surface area (Å²) in [4.78, 5) is 13.5. The second kappa shape index (κ2) is 10.0. The minimum absolute atomic E-state index is 0.222. The number of nitrogens with zero attached hydrogens (tertiary/aromatic N) is 1. The van der Waals surface area contributed by atoms with Crippen LogP contribution in [-0.4, -0.2) is 42.8 Å². The van der Waals surface area contributed by atoms with Gasteiger partial charge in [0.25, 0.3) is 0 Å². The fourth-order valence-electron chi connectivity index (χ4n) is 4.12. The molecule has 0 aliphatic carbocycles. The van der Waals surface area contributed by atoms with Gasteiger partial charge in [0.2, 0.25) is 0 Å². The Morgan fingerprint density at radius 2 is 1.91 bits per heavy atom. The van der Waals surface area contributed by atoms with Gasteiger partial charge in [-0.15, -0.1) is 0 Å². The van der Waals surface area contributed by atoms with Crippen molar-refractivity contribution < 1.29 is 32.5 Å². The molecule has 1 saturated heterocycles. The summed E-state index contributed by atoms with van der Waals surface area (Å²) in [6.07, 6.45) is -3.46. The molecule has 0 saturated carbocycles. The van der Waals surface area contributed by atoms with Crippen LogP contribution in [0.15, 0.2) is 36.4 Å². The zero-order valence-electron chi connectivity index (χ0n) is 17.8. The maximum atomic E-state index is 13.6. The quantitative estimate of drug-likeness (QED) is 0.565. The molecule has 9 heteroatoms. The van der Waals surface area contributed by atoms with Crippen LogP contribution in [-0.2, 0) is 11.0 Å². The van der Waals surface area contributed by atoms with E-state index >= 15 is 0 Å². The molecule has 2 aromatic rings. The highest BCUT2D eigenvalue weighted by molar-refractivity contribution is 6.31. The number of hydrogen-bond acceptors (Lipinski definition) is 4. The van der Waals surface area contributed by atoms with Crippen LogP contribution in [0.4, 0.5) is 13.2 Å². The predicted molar refractivity (Wildman–Crippen MR) is 114 cm³/mol. The van der Waals surface area contributed by atoms with E-state index in [0.29, 0.717) is 48.6 Å². The molecular weight excluding hydrogens is 447 g/mol. The van der Waals surface area contributed by atoms with Crippen molar-refractivity contribution in [1.29, 1.82) is 0 Å². The van der Waals surface area contributed by atoms with Crippen LogP contribution < -0.4 is 9.47 Å². The summed E-state index contributed by atoms with van der Waals surface area (Å²) >= 11 is 5.84. The Balaban J connectivity index is 2.13. The van der Waals surface area contributed by atoms with Gasteiger partial charge in [-0.1, -0.05) is 23.7 Å². The first-order chi connectivity index (χ1) is 15.2. The molecule has 0 spiro atoms. The summed E-state index contributed by atoms with van der Waals surface area (Å²) in [5.74, 6) is -0.534. The van der Waals surface area contributed by atoms with Crippen LogP contribution in [0.5, 0.6) is 11.5 Å². The zero-order valence-corrected chi connectivity index (χ0v) is 18.5. The largest absolute Gasteiger partial charge is 0.493 e. The number of carbonyl (C=O) groups is 1. The van der Waals surface area contributed by atoms with Gasteiger partial charge in [0.1, 0.15) is 0 Å². The molecule has 0 radical (unpaired) electrons. The molecule has 0 bridgehead atoms. The molecule has 1 aliphatic rings. The summed E-state index contributed by atoms with van der Waals surface area (Å²) in [5.41, 5.74) is 0.128. The first-order valence-electron chi connectivity index (χ1n) is 10.3. The normalized spacial score (nSPS) is 18.2. The standard InChI is InChI=1S/C23H25ClF3NO4/c1-3-32-20-12-15(7-9-19(20)31-2)21(28-10-4-5-16(13-28)22(29)30)14-6-8-18(24)17(11-14)23(25,26)27/h6-9,11-12,16,21H,3-5,10,13H2,1-2H3,(H,29,30). The minimum Gasteiger partial charge on any atom is -0.493 e. The van der Waals surface area contributed by atoms with Gasteiger partial charge in [-0.2, -0.15) is 13.2 Å². The molecule has 2 unspecified atom stereocenters. The highest BCUT2D eigenvalue weighted by Crippen LogP contribution is 2.41. The summed E-state index contributed by atoms with van der Waals surface area (Å²) in [6, 6.07) is 8.42. The second-order valence-corrected chi connectivity index (χ2v) is 8.06. The van der Waals surface area contributed by atoms with Crippen molar-refractivity contribution in [1.82, 2.24) is 4.90 Å². The lowest BCUT2D eigenvalue weighted by atomic mass is 9.90. The summed E-state index contributed by atoms with van der Waals surface area (Å²) in [5, 5.41) is 9.14. The Labute approximate surface area is 189 Å². The van der Waals surface area contributed by atoms with Gasteiger partial charge in [-0.25, -0.2) is 0 Å². The van der Waals surface area contributed by atoms with Gasteiger partial charge in [0.15, 0.2) is 11.5 Å². The van der Waals surface area contributed by atoms with E-state index in [1.807, 2.05) is 11.8 Å². The number of carboxylic acid groups (broad SMARTS) is 1. The fourth-order valence-corrected chi connectivity index (χ4v) is 4.34. The number of hydrogen-bond donors (Lipinski definition) is 1. The van der Waals surface area contributed by atoms with Gasteiger partial charge < -0.3 is 14.6 Å². The van der Waals surface area contributed by atoms with E-state index in [1.54, 1.807) is 24.3 Å². The predicted octanol–water partition coefficient (Wildman–Crippen LogP) is 5.65. The average molecular weight is 472 g/mol. The van der Waals surface area contributed by atoms with Crippen LogP contribution in [0.2, 0.25) is 5.02 Å². The fraction of sp³-hybridized carbons (Fsp3) is 0.435. The molecule has 5 nitrogen and oxygen atoms in total. The molecular formula is C23H25ClF3NO4. The number of methoxy groups -OCH3 is 1. The molecule has 1 N–H and O–H groups in total. The first-order valence-corrected chi connectivity index (χ1v) is 10.7. The van der Waals surface area contributed by atoms with E-state index in [1.165, 1.54) is 13.2 Å². The van der Waals surface area contributed by atoms with Gasteiger partial charge in [-0.05, 0) is 61.7 Å². The maximum Gasteiger partial charge on any atom is 0.417 e. The van der Waals surface area contributed by atoms with Crippen molar-refractivity contribution >= 4 is 17.6 Å². The van der Waals surface area contributed by atoms with E-state index in [2.05, 4.69) is 0 Å². The Bertz CT molecular complexity index is 967. The van der Waals surface area contributed by atoms with Gasteiger partial charge >= 0.3 is 12.1 Å². The van der Waals surface area contributed by atoms with E-state index in [0.717, 1.165) is 6.07 Å². The summed E-state index contributed by atoms with van der Waals surface area (Å²) < 4.78 is 51.7. The molecule has 0 amide bonds. The number of aliphatic carboxylic acids is 1. The second-order valence-electron chi connectivity index (χ2n) is 7.66. The van der Waals surface area contributed by atoms with Crippen molar-refractivity contribution in [2.45, 2.75) is 32.0 Å². The number of carboxylic acids is 1. The van der Waals surface area contributed by atoms with Gasteiger partial charge in [0, 0.05) is 6.54 Å². The smallest absolute Gasteiger partial charge is 0.417 e. The van der Waals surface area contributed by atoms with Crippen LogP contribution in [0.3, 0.4) is 0 Å². The monoisotopic (exact) mass is 471 g/mol. The Morgan fingerprint density at radius 1 is 1.22 bits per heavy atom. The Morgan fingerprint density at radius 3 is 2.53 bits per heavy atom. The summed E-state index contributed by atoms with van der Waals surface area (Å²) in [6.45, 7) is 2.98. The molecule has 3 rings (SSSR count). The SMILES string of the molecule is CCOc1cc(C(c2ccc(Cl)c(C(F)(F)F)c2)N2CCCC(C(=O)O)C2)ccc1OC. The number of halogens is 4. The van der Waals surface area contributed by atoms with E-state index in [-0.39, 0.29) is 11.6 Å². The zero-order chi connectivity index (χ0) is 23.5. The Hall–Kier alpha value is -2.45. The first kappa shape index (κ1) is 24.2. The third kappa shape index (κ3) is 5.30. The number of ether oxygens (including phenoxy) is 2. The molecule has 1 fully saturated rings. The minimum atomic E-state index is -4.61. The Kier molecular flexibility index (Phi) is 7.56. The highest BCUT2D eigenvalue weighted by Gasteiger charge is 2.36. The lowest BCUT2D eigenvalue weighted by Gasteiger charge is -2.38. The third-order valence-corrected chi connectivity index (χ3v) is 5.91. The molecule has 2 aromatic carbocycles. The number of benzene rings is 2. The lowest BCUT2D eigenvalue weighted by Crippen LogP contribution is -2.41. The molecule has 32 heavy (non-hydrogen) atoms. The maximum absolute atomic E-state index is 13.6. The van der Waals surface area contributed by atoms with Crippen molar-refractivity contribution in [3.05, 3.63) is 58.1 Å². The van der Waals surface area contributed by atoms with Crippen molar-refractivity contribution in [2.24, 2.45) is 5.92 Å². The van der Waals surface area contributed by atoms with E-state index in [4.69, 9.17) is 21.1 Å². The molecule has 1 aliphatic heterocycles. The highest BCUT2D eigenvalue weighted by atomic mass is 35.5. The molecule has 1 heterocycles. The van der Waals surface area contributed by atoms with Gasteiger partial charge in [0.05, 0.1) is 36.3 Å². The molecule has 174 valence electrons. The van der Waals surface area contributed by atoms with Crippen molar-refractivity contribution in [3.63, 3.8) is 0 Å². The van der Waals surface area contributed by atoms with Gasteiger partial charge in [-0.3, -0.25) is 9.69 Å². The van der Waals surface area contributed by atoms with Crippen molar-refractivity contribution in [3.8, 4) is 11.5 Å². The molecule has 2 atom stereocenters. The lowest BCUT2D eigenvalue weighted by molar-refractivity contribution is -0.143. The number of piperidine rings is 1. The van der Waals surface area contributed by atoms with Crippen LogP contribution in [0, 0.1) is 5.92 Å². The van der Waals surface area contributed by atoms with E-state index in [9.17, 15) is 23.1 Å². The topological polar surface area (TPSA) is 59.0 Å². The number of rotatable bonds is 7. The van der Waals surface area contributed by atoms with E-state index < -0.39 is 29.7 Å². The number of alkyl halides is 3. The third-order valence-electron chi connectivity index (χ3n) is 5.58.